The van der Waals surface area contributed by atoms with Crippen molar-refractivity contribution >= 4 is 17.4 Å². The van der Waals surface area contributed by atoms with Crippen LogP contribution in [0.4, 0.5) is 11.5 Å². The Hall–Kier alpha value is -4.16. The third kappa shape index (κ3) is 6.05. The molecule has 2 heterocycles. The first-order valence-electron chi connectivity index (χ1n) is 11.8. The highest BCUT2D eigenvalue weighted by Crippen LogP contribution is 2.23. The van der Waals surface area contributed by atoms with Gasteiger partial charge in [0.2, 0.25) is 0 Å². The highest BCUT2D eigenvalue weighted by atomic mass is 16.5. The van der Waals surface area contributed by atoms with Crippen LogP contribution in [0, 0.1) is 0 Å². The van der Waals surface area contributed by atoms with Crippen molar-refractivity contribution in [2.45, 2.75) is 6.54 Å². The zero-order chi connectivity index (χ0) is 23.9. The molecule has 0 aliphatic carbocycles. The molecule has 4 aromatic rings. The number of nitrogens with one attached hydrogen (secondary N) is 1. The number of rotatable bonds is 7. The van der Waals surface area contributed by atoms with E-state index in [0.717, 1.165) is 50.0 Å². The van der Waals surface area contributed by atoms with Crippen molar-refractivity contribution in [1.29, 1.82) is 0 Å². The van der Waals surface area contributed by atoms with Crippen LogP contribution in [0.5, 0.6) is 11.5 Å². The zero-order valence-electron chi connectivity index (χ0n) is 19.5. The van der Waals surface area contributed by atoms with Gasteiger partial charge in [-0.25, -0.2) is 4.98 Å². The molecule has 0 bridgehead atoms. The minimum absolute atomic E-state index is 0.132. The Morgan fingerprint density at radius 2 is 1.51 bits per heavy atom. The summed E-state index contributed by atoms with van der Waals surface area (Å²) in [4.78, 5) is 21.7. The SMILES string of the molecule is O=C(Nc1ccc(N2CCN(Cc3cccc(Oc4ccccc4)c3)CC2)nc1)c1ccccc1. The molecule has 1 aliphatic heterocycles. The summed E-state index contributed by atoms with van der Waals surface area (Å²) in [5, 5.41) is 2.90. The van der Waals surface area contributed by atoms with E-state index < -0.39 is 0 Å². The molecular weight excluding hydrogens is 436 g/mol. The largest absolute Gasteiger partial charge is 0.457 e. The number of benzene rings is 3. The standard InChI is InChI=1S/C29H28N4O2/c34-29(24-9-3-1-4-10-24)31-25-14-15-28(30-21-25)33-18-16-32(17-19-33)22-23-8-7-13-27(20-23)35-26-11-5-2-6-12-26/h1-15,20-21H,16-19,22H2,(H,31,34). The third-order valence-corrected chi connectivity index (χ3v) is 6.02. The second-order valence-electron chi connectivity index (χ2n) is 8.55. The number of hydrogen-bond acceptors (Lipinski definition) is 5. The molecule has 0 spiro atoms. The number of hydrogen-bond donors (Lipinski definition) is 1. The van der Waals surface area contributed by atoms with Gasteiger partial charge in [0.05, 0.1) is 11.9 Å². The van der Waals surface area contributed by atoms with Gasteiger partial charge >= 0.3 is 0 Å². The number of pyridine rings is 1. The molecule has 1 saturated heterocycles. The summed E-state index contributed by atoms with van der Waals surface area (Å²) in [6.07, 6.45) is 1.72. The molecule has 0 radical (unpaired) electrons. The summed E-state index contributed by atoms with van der Waals surface area (Å²) in [7, 11) is 0. The van der Waals surface area contributed by atoms with E-state index >= 15 is 0 Å². The van der Waals surface area contributed by atoms with E-state index in [1.807, 2.05) is 72.8 Å². The van der Waals surface area contributed by atoms with Gasteiger partial charge in [-0.3, -0.25) is 9.69 Å². The number of nitrogens with zero attached hydrogens (tertiary/aromatic N) is 3. The van der Waals surface area contributed by atoms with E-state index in [9.17, 15) is 4.79 Å². The van der Waals surface area contributed by atoms with Crippen molar-refractivity contribution in [3.05, 3.63) is 114 Å². The molecule has 3 aromatic carbocycles. The van der Waals surface area contributed by atoms with Crippen LogP contribution in [-0.4, -0.2) is 42.0 Å². The van der Waals surface area contributed by atoms with Gasteiger partial charge in [0.25, 0.3) is 5.91 Å². The van der Waals surface area contributed by atoms with E-state index in [1.165, 1.54) is 5.56 Å². The molecular formula is C29H28N4O2. The highest BCUT2D eigenvalue weighted by molar-refractivity contribution is 6.04. The van der Waals surface area contributed by atoms with E-state index in [2.05, 4.69) is 32.2 Å². The molecule has 0 atom stereocenters. The number of amides is 1. The van der Waals surface area contributed by atoms with Gasteiger partial charge in [0, 0.05) is 38.3 Å². The lowest BCUT2D eigenvalue weighted by molar-refractivity contribution is 0.102. The van der Waals surface area contributed by atoms with E-state index in [1.54, 1.807) is 18.3 Å². The monoisotopic (exact) mass is 464 g/mol. The number of anilines is 2. The Kier molecular flexibility index (Phi) is 7.01. The number of carbonyl (C=O) groups excluding carboxylic acids is 1. The maximum Gasteiger partial charge on any atom is 0.255 e. The fourth-order valence-corrected chi connectivity index (χ4v) is 4.17. The quantitative estimate of drug-likeness (QED) is 0.394. The summed E-state index contributed by atoms with van der Waals surface area (Å²) in [5.41, 5.74) is 2.56. The van der Waals surface area contributed by atoms with E-state index in [-0.39, 0.29) is 5.91 Å². The Morgan fingerprint density at radius 3 is 2.23 bits per heavy atom. The van der Waals surface area contributed by atoms with Crippen molar-refractivity contribution in [1.82, 2.24) is 9.88 Å². The first-order chi connectivity index (χ1) is 17.2. The first-order valence-corrected chi connectivity index (χ1v) is 11.8. The van der Waals surface area contributed by atoms with E-state index in [0.29, 0.717) is 11.3 Å². The molecule has 1 N–H and O–H groups in total. The minimum Gasteiger partial charge on any atom is -0.457 e. The molecule has 0 unspecified atom stereocenters. The van der Waals surface area contributed by atoms with Crippen molar-refractivity contribution < 1.29 is 9.53 Å². The maximum absolute atomic E-state index is 12.3. The maximum atomic E-state index is 12.3. The van der Waals surface area contributed by atoms with Crippen LogP contribution in [0.15, 0.2) is 103 Å². The number of para-hydroxylation sites is 1. The van der Waals surface area contributed by atoms with Crippen LogP contribution in [0.3, 0.4) is 0 Å². The van der Waals surface area contributed by atoms with Crippen LogP contribution in [0.25, 0.3) is 0 Å². The van der Waals surface area contributed by atoms with Crippen LogP contribution in [0.1, 0.15) is 15.9 Å². The number of carbonyl (C=O) groups is 1. The summed E-state index contributed by atoms with van der Waals surface area (Å²) in [5.74, 6) is 2.50. The van der Waals surface area contributed by atoms with Gasteiger partial charge in [-0.15, -0.1) is 0 Å². The molecule has 35 heavy (non-hydrogen) atoms. The third-order valence-electron chi connectivity index (χ3n) is 6.02. The van der Waals surface area contributed by atoms with Crippen LogP contribution in [0.2, 0.25) is 0 Å². The van der Waals surface area contributed by atoms with Gasteiger partial charge in [-0.1, -0.05) is 48.5 Å². The normalized spacial score (nSPS) is 13.9. The average Bonchev–Trinajstić information content (AvgIpc) is 2.91. The predicted octanol–water partition coefficient (Wildman–Crippen LogP) is 5.45. The van der Waals surface area contributed by atoms with Crippen molar-refractivity contribution in [2.75, 3.05) is 36.4 Å². The lowest BCUT2D eigenvalue weighted by Gasteiger charge is -2.35. The lowest BCUT2D eigenvalue weighted by atomic mass is 10.2. The summed E-state index contributed by atoms with van der Waals surface area (Å²) < 4.78 is 5.98. The number of aromatic nitrogens is 1. The first kappa shape index (κ1) is 22.6. The predicted molar refractivity (Wildman–Crippen MR) is 139 cm³/mol. The smallest absolute Gasteiger partial charge is 0.255 e. The highest BCUT2D eigenvalue weighted by Gasteiger charge is 2.18. The summed E-state index contributed by atoms with van der Waals surface area (Å²) in [6, 6.07) is 31.2. The van der Waals surface area contributed by atoms with Gasteiger partial charge in [0.1, 0.15) is 17.3 Å². The van der Waals surface area contributed by atoms with Crippen LogP contribution in [-0.2, 0) is 6.54 Å². The number of ether oxygens (including phenoxy) is 1. The number of piperazine rings is 1. The molecule has 176 valence electrons. The van der Waals surface area contributed by atoms with Crippen molar-refractivity contribution in [3.63, 3.8) is 0 Å². The molecule has 0 saturated carbocycles. The molecule has 1 amide bonds. The second-order valence-corrected chi connectivity index (χ2v) is 8.55. The Balaban J connectivity index is 1.12. The fraction of sp³-hybridized carbons (Fsp3) is 0.172. The van der Waals surface area contributed by atoms with E-state index in [4.69, 9.17) is 4.74 Å². The van der Waals surface area contributed by atoms with Crippen LogP contribution < -0.4 is 15.0 Å². The summed E-state index contributed by atoms with van der Waals surface area (Å²) >= 11 is 0. The minimum atomic E-state index is -0.132. The van der Waals surface area contributed by atoms with Gasteiger partial charge in [0.15, 0.2) is 0 Å². The van der Waals surface area contributed by atoms with Crippen molar-refractivity contribution in [3.8, 4) is 11.5 Å². The molecule has 1 aliphatic rings. The fourth-order valence-electron chi connectivity index (χ4n) is 4.17. The Morgan fingerprint density at radius 1 is 0.800 bits per heavy atom. The van der Waals surface area contributed by atoms with Crippen molar-refractivity contribution in [2.24, 2.45) is 0 Å². The Bertz CT molecular complexity index is 1240. The molecule has 6 heteroatoms. The molecule has 1 aromatic heterocycles. The molecule has 6 nitrogen and oxygen atoms in total. The summed E-state index contributed by atoms with van der Waals surface area (Å²) in [6.45, 7) is 4.61. The lowest BCUT2D eigenvalue weighted by Crippen LogP contribution is -2.46. The average molecular weight is 465 g/mol. The van der Waals surface area contributed by atoms with Gasteiger partial charge < -0.3 is 15.0 Å². The molecule has 1 fully saturated rings. The zero-order valence-corrected chi connectivity index (χ0v) is 19.5. The molecule has 5 rings (SSSR count). The second kappa shape index (κ2) is 10.8. The topological polar surface area (TPSA) is 57.7 Å². The van der Waals surface area contributed by atoms with Gasteiger partial charge in [-0.2, -0.15) is 0 Å². The van der Waals surface area contributed by atoms with Gasteiger partial charge in [-0.05, 0) is 54.1 Å². The van der Waals surface area contributed by atoms with Crippen LogP contribution >= 0.6 is 0 Å². The Labute approximate surface area is 205 Å².